The molecule has 15 heteroatoms. The summed E-state index contributed by atoms with van der Waals surface area (Å²) in [7, 11) is 0. The molecule has 4 rings (SSSR count). The monoisotopic (exact) mass is 577 g/mol. The van der Waals surface area contributed by atoms with E-state index < -0.39 is 58.7 Å². The van der Waals surface area contributed by atoms with Crippen molar-refractivity contribution in [3.05, 3.63) is 46.7 Å². The third kappa shape index (κ3) is 6.57. The Kier molecular flexibility index (Phi) is 8.00. The van der Waals surface area contributed by atoms with Crippen LogP contribution >= 0.6 is 11.6 Å². The predicted molar refractivity (Wildman–Crippen MR) is 128 cm³/mol. The number of anilines is 1. The summed E-state index contributed by atoms with van der Waals surface area (Å²) in [5.41, 5.74) is 4.83. The number of fused-ring (bicyclic) bond motifs is 1. The van der Waals surface area contributed by atoms with Crippen molar-refractivity contribution in [1.29, 1.82) is 0 Å². The molecule has 1 spiro atoms. The van der Waals surface area contributed by atoms with E-state index >= 15 is 0 Å². The lowest BCUT2D eigenvalue weighted by molar-refractivity contribution is -0.199. The number of rotatable bonds is 6. The van der Waals surface area contributed by atoms with Gasteiger partial charge in [-0.25, -0.2) is 14.0 Å². The second-order valence-corrected chi connectivity index (χ2v) is 9.67. The maximum atomic E-state index is 13.6. The number of aromatic hydroxyl groups is 1. The quantitative estimate of drug-likeness (QED) is 0.352. The Morgan fingerprint density at radius 3 is 2.56 bits per heavy atom. The lowest BCUT2D eigenvalue weighted by Gasteiger charge is -2.39. The van der Waals surface area contributed by atoms with Gasteiger partial charge in [-0.15, -0.1) is 5.06 Å². The molecule has 0 aliphatic carbocycles. The third-order valence-electron chi connectivity index (χ3n) is 6.38. The first-order chi connectivity index (χ1) is 18.3. The molecule has 39 heavy (non-hydrogen) atoms. The van der Waals surface area contributed by atoms with Crippen LogP contribution in [0.15, 0.2) is 30.3 Å². The second-order valence-electron chi connectivity index (χ2n) is 9.26. The Morgan fingerprint density at radius 1 is 1.23 bits per heavy atom. The Morgan fingerprint density at radius 2 is 1.92 bits per heavy atom. The van der Waals surface area contributed by atoms with E-state index in [9.17, 15) is 37.4 Å². The first-order valence-corrected chi connectivity index (χ1v) is 12.1. The number of nitrogens with two attached hydrogens (primary N) is 1. The van der Waals surface area contributed by atoms with Gasteiger partial charge in [0.05, 0.1) is 5.02 Å². The molecule has 212 valence electrons. The van der Waals surface area contributed by atoms with Gasteiger partial charge in [0, 0.05) is 50.5 Å². The molecule has 1 atom stereocenters. The average molecular weight is 578 g/mol. The molecule has 2 aromatic rings. The number of hydroxylamine groups is 1. The smallest absolute Gasteiger partial charge is 0.493 e. The summed E-state index contributed by atoms with van der Waals surface area (Å²) in [4.78, 5) is 29.1. The van der Waals surface area contributed by atoms with Crippen molar-refractivity contribution in [1.82, 2.24) is 4.90 Å². The van der Waals surface area contributed by atoms with Gasteiger partial charge in [0.25, 0.3) is 0 Å². The Balaban J connectivity index is 1.37. The van der Waals surface area contributed by atoms with Crippen LogP contribution in [0.25, 0.3) is 0 Å². The molecule has 0 aromatic heterocycles. The molecular weight excluding hydrogens is 554 g/mol. The molecule has 10 nitrogen and oxygen atoms in total. The minimum Gasteiger partial charge on any atom is -0.506 e. The number of hydrogen-bond donors (Lipinski definition) is 3. The highest BCUT2D eigenvalue weighted by molar-refractivity contribution is 6.32. The molecule has 1 saturated heterocycles. The van der Waals surface area contributed by atoms with Gasteiger partial charge in [-0.3, -0.25) is 0 Å². The van der Waals surface area contributed by atoms with Crippen molar-refractivity contribution in [2.45, 2.75) is 37.1 Å². The van der Waals surface area contributed by atoms with Crippen LogP contribution in [-0.2, 0) is 16.1 Å². The third-order valence-corrected chi connectivity index (χ3v) is 6.68. The Bertz CT molecular complexity index is 1250. The molecule has 0 bridgehead atoms. The van der Waals surface area contributed by atoms with Crippen LogP contribution < -0.4 is 20.3 Å². The molecule has 0 radical (unpaired) electrons. The highest BCUT2D eigenvalue weighted by Crippen LogP contribution is 2.41. The summed E-state index contributed by atoms with van der Waals surface area (Å²) in [5.74, 6) is -3.41. The van der Waals surface area contributed by atoms with Gasteiger partial charge < -0.3 is 35.2 Å². The zero-order chi connectivity index (χ0) is 28.5. The number of piperidine rings is 1. The molecule has 0 saturated carbocycles. The molecule has 2 heterocycles. The highest BCUT2D eigenvalue weighted by atomic mass is 35.5. The second kappa shape index (κ2) is 10.9. The number of β-amino-alcohol motifs (C(OH)–C–C–N with tert-alkyl or cyclic N) is 1. The number of benzene rings is 2. The van der Waals surface area contributed by atoms with Crippen LogP contribution in [0.1, 0.15) is 18.4 Å². The maximum Gasteiger partial charge on any atom is 0.493 e. The first-order valence-electron chi connectivity index (χ1n) is 11.7. The lowest BCUT2D eigenvalue weighted by Crippen LogP contribution is -2.49. The number of primary amides is 1. The van der Waals surface area contributed by atoms with Crippen molar-refractivity contribution in [3.63, 3.8) is 0 Å². The number of phenols is 1. The van der Waals surface area contributed by atoms with Gasteiger partial charge in [0.15, 0.2) is 5.75 Å². The maximum absolute atomic E-state index is 13.6. The fourth-order valence-electron chi connectivity index (χ4n) is 4.51. The fourth-order valence-corrected chi connectivity index (χ4v) is 4.67. The van der Waals surface area contributed by atoms with Crippen molar-refractivity contribution in [2.24, 2.45) is 5.73 Å². The van der Waals surface area contributed by atoms with E-state index in [1.54, 1.807) is 6.07 Å². The summed E-state index contributed by atoms with van der Waals surface area (Å²) >= 11 is 5.81. The summed E-state index contributed by atoms with van der Waals surface area (Å²) < 4.78 is 63.1. The van der Waals surface area contributed by atoms with Crippen LogP contribution in [0.4, 0.5) is 28.0 Å². The number of amides is 2. The number of carbonyl (C=O) groups excluding carboxylic acids is 2. The fraction of sp³-hybridized carbons (Fsp3) is 0.417. The van der Waals surface area contributed by atoms with Crippen LogP contribution in [0.3, 0.4) is 0 Å². The number of urea groups is 1. The van der Waals surface area contributed by atoms with E-state index in [2.05, 4.69) is 4.84 Å². The van der Waals surface area contributed by atoms with Crippen LogP contribution in [0.5, 0.6) is 17.2 Å². The SMILES string of the molecule is NC(=O)N(OC(=O)C(F)(F)F)c1cc(Cl)c(O)cc1OC[C@H](O)CN1CCC2(CC1)Cc1cc(F)ccc1O2. The van der Waals surface area contributed by atoms with Gasteiger partial charge >= 0.3 is 18.2 Å². The summed E-state index contributed by atoms with van der Waals surface area (Å²) in [6, 6.07) is 4.48. The number of aliphatic hydroxyl groups is 1. The van der Waals surface area contributed by atoms with E-state index in [4.69, 9.17) is 26.8 Å². The van der Waals surface area contributed by atoms with Crippen molar-refractivity contribution < 1.29 is 51.7 Å². The summed E-state index contributed by atoms with van der Waals surface area (Å²) in [6.07, 6.45) is -4.71. The van der Waals surface area contributed by atoms with E-state index in [0.717, 1.165) is 17.7 Å². The van der Waals surface area contributed by atoms with Gasteiger partial charge in [-0.2, -0.15) is 13.2 Å². The van der Waals surface area contributed by atoms with E-state index in [-0.39, 0.29) is 17.4 Å². The molecule has 2 aliphatic rings. The lowest BCUT2D eigenvalue weighted by atomic mass is 9.87. The normalized spacial score (nSPS) is 17.3. The topological polar surface area (TPSA) is 135 Å². The van der Waals surface area contributed by atoms with Crippen LogP contribution in [0.2, 0.25) is 5.02 Å². The number of aliphatic hydroxyl groups excluding tert-OH is 1. The van der Waals surface area contributed by atoms with Crippen LogP contribution in [0, 0.1) is 5.82 Å². The number of nitrogens with zero attached hydrogens (tertiary/aromatic N) is 2. The number of hydrogen-bond acceptors (Lipinski definition) is 8. The van der Waals surface area contributed by atoms with Gasteiger partial charge in [-0.1, -0.05) is 11.6 Å². The Hall–Kier alpha value is -3.49. The molecular formula is C24H24ClF4N3O7. The highest BCUT2D eigenvalue weighted by Gasteiger charge is 2.44. The molecule has 0 unspecified atom stereocenters. The largest absolute Gasteiger partial charge is 0.506 e. The average Bonchev–Trinajstić information content (AvgIpc) is 3.20. The van der Waals surface area contributed by atoms with Crippen molar-refractivity contribution in [3.8, 4) is 17.2 Å². The predicted octanol–water partition coefficient (Wildman–Crippen LogP) is 3.30. The van der Waals surface area contributed by atoms with E-state index in [0.29, 0.717) is 38.1 Å². The molecule has 4 N–H and O–H groups in total. The number of carbonyl (C=O) groups is 2. The zero-order valence-corrected chi connectivity index (χ0v) is 21.0. The number of likely N-dealkylation sites (tertiary alicyclic amines) is 1. The molecule has 2 aliphatic heterocycles. The summed E-state index contributed by atoms with van der Waals surface area (Å²) in [5, 5.41) is 19.9. The Labute approximate surface area is 224 Å². The molecule has 1 fully saturated rings. The van der Waals surface area contributed by atoms with Gasteiger partial charge in [-0.05, 0) is 24.3 Å². The number of ether oxygens (including phenoxy) is 2. The number of alkyl halides is 3. The zero-order valence-electron chi connectivity index (χ0n) is 20.2. The van der Waals surface area contributed by atoms with Crippen molar-refractivity contribution in [2.75, 3.05) is 31.3 Å². The van der Waals surface area contributed by atoms with E-state index in [1.807, 2.05) is 4.90 Å². The minimum absolute atomic E-state index is 0.148. The molecule has 2 amide bonds. The molecule has 2 aromatic carbocycles. The first kappa shape index (κ1) is 28.5. The number of phenolic OH excluding ortho intramolecular Hbond substituents is 1. The van der Waals surface area contributed by atoms with Gasteiger partial charge in [0.2, 0.25) is 0 Å². The summed E-state index contributed by atoms with van der Waals surface area (Å²) in [6.45, 7) is 0.846. The van der Waals surface area contributed by atoms with Crippen molar-refractivity contribution >= 4 is 29.3 Å². The standard InChI is InChI=1S/C24H24ClF4N3O7/c25-16-8-17(32(22(30)36)39-21(35)24(27,28)29)20(9-18(16)34)37-12-15(33)11-31-5-3-23(4-6-31)10-13-7-14(26)1-2-19(13)38-23/h1-2,7-9,15,33-34H,3-6,10-12H2,(H2,30,36)/t15-/m1/s1. The van der Waals surface area contributed by atoms with E-state index in [1.165, 1.54) is 12.1 Å². The van der Waals surface area contributed by atoms with Gasteiger partial charge in [0.1, 0.15) is 41.3 Å². The van der Waals surface area contributed by atoms with Crippen LogP contribution in [-0.4, -0.2) is 71.2 Å². The minimum atomic E-state index is -5.44. The number of halogens is 5.